The minimum absolute atomic E-state index is 0.0147. The van der Waals surface area contributed by atoms with E-state index in [1.54, 1.807) is 0 Å². The lowest BCUT2D eigenvalue weighted by Crippen LogP contribution is -2.31. The first-order valence-electron chi connectivity index (χ1n) is 8.27. The molecule has 5 heteroatoms. The molecule has 0 radical (unpaired) electrons. The van der Waals surface area contributed by atoms with Crippen molar-refractivity contribution in [2.24, 2.45) is 0 Å². The van der Waals surface area contributed by atoms with Crippen LogP contribution in [-0.2, 0) is 6.54 Å². The molecule has 3 aromatic rings. The highest BCUT2D eigenvalue weighted by molar-refractivity contribution is 6.07. The molecule has 0 spiro atoms. The van der Waals surface area contributed by atoms with Gasteiger partial charge in [0.15, 0.2) is 0 Å². The van der Waals surface area contributed by atoms with E-state index < -0.39 is 0 Å². The molecule has 0 bridgehead atoms. The molecule has 1 aromatic heterocycles. The minimum atomic E-state index is -0.0147. The smallest absolute Gasteiger partial charge is 0.258 e. The Balaban J connectivity index is 2.01. The standard InChI is InChI=1S/C19H22N4O/c1-5-22(18-11-13(3)7-8-14(18)4)19(24)15-9-10-17-16(12-15)20-21-23(17)6-2/h7-12H,5-6H2,1-4H3. The van der Waals surface area contributed by atoms with Crippen molar-refractivity contribution >= 4 is 22.6 Å². The second kappa shape index (κ2) is 6.43. The molecular formula is C19H22N4O. The zero-order valence-electron chi connectivity index (χ0n) is 14.6. The number of amides is 1. The summed E-state index contributed by atoms with van der Waals surface area (Å²) in [7, 11) is 0. The van der Waals surface area contributed by atoms with Gasteiger partial charge in [0.05, 0.1) is 5.52 Å². The monoisotopic (exact) mass is 322 g/mol. The van der Waals surface area contributed by atoms with Crippen molar-refractivity contribution in [2.75, 3.05) is 11.4 Å². The quantitative estimate of drug-likeness (QED) is 0.735. The van der Waals surface area contributed by atoms with E-state index in [0.29, 0.717) is 12.1 Å². The van der Waals surface area contributed by atoms with Crippen LogP contribution in [0.3, 0.4) is 0 Å². The maximum atomic E-state index is 13.0. The molecule has 2 aromatic carbocycles. The molecule has 0 saturated carbocycles. The molecule has 0 N–H and O–H groups in total. The average molecular weight is 322 g/mol. The molecular weight excluding hydrogens is 300 g/mol. The molecule has 0 fully saturated rings. The summed E-state index contributed by atoms with van der Waals surface area (Å²) in [6, 6.07) is 11.8. The number of rotatable bonds is 4. The molecule has 0 atom stereocenters. The van der Waals surface area contributed by atoms with Crippen LogP contribution in [0.2, 0.25) is 0 Å². The van der Waals surface area contributed by atoms with Gasteiger partial charge in [-0.2, -0.15) is 0 Å². The summed E-state index contributed by atoms with van der Waals surface area (Å²) in [5.41, 5.74) is 5.52. The van der Waals surface area contributed by atoms with E-state index >= 15 is 0 Å². The maximum absolute atomic E-state index is 13.0. The number of anilines is 1. The highest BCUT2D eigenvalue weighted by Gasteiger charge is 2.19. The summed E-state index contributed by atoms with van der Waals surface area (Å²) in [4.78, 5) is 14.8. The summed E-state index contributed by atoms with van der Waals surface area (Å²) in [5, 5.41) is 8.27. The molecule has 3 rings (SSSR count). The molecule has 1 heterocycles. The maximum Gasteiger partial charge on any atom is 0.258 e. The summed E-state index contributed by atoms with van der Waals surface area (Å²) in [5.74, 6) is -0.0147. The normalized spacial score (nSPS) is 11.0. The summed E-state index contributed by atoms with van der Waals surface area (Å²) >= 11 is 0. The number of carbonyl (C=O) groups excluding carboxylic acids is 1. The molecule has 0 aliphatic heterocycles. The molecule has 0 saturated heterocycles. The van der Waals surface area contributed by atoms with E-state index in [4.69, 9.17) is 0 Å². The number of aromatic nitrogens is 3. The largest absolute Gasteiger partial charge is 0.308 e. The molecule has 0 aliphatic carbocycles. The van der Waals surface area contributed by atoms with Crippen LogP contribution in [-0.4, -0.2) is 27.4 Å². The Hall–Kier alpha value is -2.69. The number of benzene rings is 2. The third-order valence-corrected chi connectivity index (χ3v) is 4.28. The topological polar surface area (TPSA) is 51.0 Å². The summed E-state index contributed by atoms with van der Waals surface area (Å²) in [6.07, 6.45) is 0. The first-order chi connectivity index (χ1) is 11.5. The number of carbonyl (C=O) groups is 1. The van der Waals surface area contributed by atoms with E-state index in [0.717, 1.165) is 34.4 Å². The van der Waals surface area contributed by atoms with E-state index in [1.807, 2.05) is 55.5 Å². The van der Waals surface area contributed by atoms with E-state index in [1.165, 1.54) is 0 Å². The first-order valence-corrected chi connectivity index (χ1v) is 8.27. The van der Waals surface area contributed by atoms with Crippen molar-refractivity contribution in [1.29, 1.82) is 0 Å². The Labute approximate surface area is 141 Å². The molecule has 5 nitrogen and oxygen atoms in total. The Kier molecular flexibility index (Phi) is 4.34. The molecule has 0 aliphatic rings. The van der Waals surface area contributed by atoms with Crippen LogP contribution in [0.25, 0.3) is 11.0 Å². The molecule has 24 heavy (non-hydrogen) atoms. The van der Waals surface area contributed by atoms with Gasteiger partial charge in [-0.05, 0) is 63.1 Å². The highest BCUT2D eigenvalue weighted by Crippen LogP contribution is 2.24. The predicted molar refractivity (Wildman–Crippen MR) is 96.5 cm³/mol. The summed E-state index contributed by atoms with van der Waals surface area (Å²) < 4.78 is 1.83. The summed E-state index contributed by atoms with van der Waals surface area (Å²) in [6.45, 7) is 9.45. The fourth-order valence-electron chi connectivity index (χ4n) is 2.93. The lowest BCUT2D eigenvalue weighted by molar-refractivity contribution is 0.0988. The van der Waals surface area contributed by atoms with Crippen molar-refractivity contribution in [1.82, 2.24) is 15.0 Å². The number of aryl methyl sites for hydroxylation is 3. The Morgan fingerprint density at radius 3 is 2.62 bits per heavy atom. The lowest BCUT2D eigenvalue weighted by Gasteiger charge is -2.23. The SMILES string of the molecule is CCN(C(=O)c1ccc2c(c1)nnn2CC)c1cc(C)ccc1C. The number of hydrogen-bond acceptors (Lipinski definition) is 3. The Morgan fingerprint density at radius 2 is 1.92 bits per heavy atom. The van der Waals surface area contributed by atoms with E-state index in [9.17, 15) is 4.79 Å². The van der Waals surface area contributed by atoms with Crippen molar-refractivity contribution in [3.8, 4) is 0 Å². The number of hydrogen-bond donors (Lipinski definition) is 0. The minimum Gasteiger partial charge on any atom is -0.308 e. The van der Waals surface area contributed by atoms with Crippen molar-refractivity contribution < 1.29 is 4.79 Å². The van der Waals surface area contributed by atoms with E-state index in [-0.39, 0.29) is 5.91 Å². The van der Waals surface area contributed by atoms with Gasteiger partial charge in [-0.15, -0.1) is 5.10 Å². The lowest BCUT2D eigenvalue weighted by atomic mass is 10.1. The molecule has 0 unspecified atom stereocenters. The van der Waals surface area contributed by atoms with Crippen LogP contribution in [0.1, 0.15) is 35.3 Å². The van der Waals surface area contributed by atoms with E-state index in [2.05, 4.69) is 28.5 Å². The van der Waals surface area contributed by atoms with Gasteiger partial charge in [0, 0.05) is 24.3 Å². The third-order valence-electron chi connectivity index (χ3n) is 4.28. The zero-order chi connectivity index (χ0) is 17.3. The molecule has 124 valence electrons. The molecule has 1 amide bonds. The van der Waals surface area contributed by atoms with Crippen LogP contribution < -0.4 is 4.90 Å². The second-order valence-electron chi connectivity index (χ2n) is 5.95. The Morgan fingerprint density at radius 1 is 1.12 bits per heavy atom. The van der Waals surface area contributed by atoms with Gasteiger partial charge >= 0.3 is 0 Å². The van der Waals surface area contributed by atoms with Gasteiger partial charge in [0.2, 0.25) is 0 Å². The van der Waals surface area contributed by atoms with Crippen LogP contribution >= 0.6 is 0 Å². The van der Waals surface area contributed by atoms with Gasteiger partial charge in [-0.25, -0.2) is 4.68 Å². The van der Waals surface area contributed by atoms with Gasteiger partial charge < -0.3 is 4.90 Å². The van der Waals surface area contributed by atoms with Crippen molar-refractivity contribution in [3.05, 3.63) is 53.1 Å². The van der Waals surface area contributed by atoms with Gasteiger partial charge in [0.1, 0.15) is 5.52 Å². The van der Waals surface area contributed by atoms with Crippen LogP contribution in [0, 0.1) is 13.8 Å². The predicted octanol–water partition coefficient (Wildman–Crippen LogP) is 3.73. The van der Waals surface area contributed by atoms with Crippen molar-refractivity contribution in [2.45, 2.75) is 34.2 Å². The Bertz CT molecular complexity index is 898. The van der Waals surface area contributed by atoms with Gasteiger partial charge in [-0.1, -0.05) is 17.3 Å². The van der Waals surface area contributed by atoms with Gasteiger partial charge in [-0.3, -0.25) is 4.79 Å². The average Bonchev–Trinajstić information content (AvgIpc) is 3.00. The highest BCUT2D eigenvalue weighted by atomic mass is 16.2. The fraction of sp³-hybridized carbons (Fsp3) is 0.316. The third kappa shape index (κ3) is 2.77. The second-order valence-corrected chi connectivity index (χ2v) is 5.95. The number of nitrogens with zero attached hydrogens (tertiary/aromatic N) is 4. The first kappa shape index (κ1) is 16.2. The van der Waals surface area contributed by atoms with Crippen LogP contribution in [0.4, 0.5) is 5.69 Å². The fourth-order valence-corrected chi connectivity index (χ4v) is 2.93. The zero-order valence-corrected chi connectivity index (χ0v) is 14.6. The van der Waals surface area contributed by atoms with Gasteiger partial charge in [0.25, 0.3) is 5.91 Å². The van der Waals surface area contributed by atoms with Crippen LogP contribution in [0.15, 0.2) is 36.4 Å². The van der Waals surface area contributed by atoms with Crippen molar-refractivity contribution in [3.63, 3.8) is 0 Å². The van der Waals surface area contributed by atoms with Crippen LogP contribution in [0.5, 0.6) is 0 Å². The number of fused-ring (bicyclic) bond motifs is 1.